The van der Waals surface area contributed by atoms with Gasteiger partial charge in [-0.1, -0.05) is 36.4 Å². The van der Waals surface area contributed by atoms with E-state index in [9.17, 15) is 18.3 Å². The Morgan fingerprint density at radius 3 is 2.44 bits per heavy atom. The minimum atomic E-state index is -4.75. The van der Waals surface area contributed by atoms with Crippen LogP contribution < -0.4 is 5.43 Å². The van der Waals surface area contributed by atoms with Crippen LogP contribution in [0.15, 0.2) is 41.5 Å². The van der Waals surface area contributed by atoms with Gasteiger partial charge in [-0.05, 0) is 11.6 Å². The fourth-order valence-corrected chi connectivity index (χ4v) is 1.52. The lowest BCUT2D eigenvalue weighted by Crippen LogP contribution is -2.52. The molecule has 1 unspecified atom stereocenters. The molecular weight excluding hydrogens is 245 g/mol. The van der Waals surface area contributed by atoms with E-state index in [-0.39, 0.29) is 5.71 Å². The van der Waals surface area contributed by atoms with Crippen molar-refractivity contribution in [3.63, 3.8) is 0 Å². The highest BCUT2D eigenvalue weighted by atomic mass is 19.4. The van der Waals surface area contributed by atoms with E-state index in [4.69, 9.17) is 0 Å². The molecule has 0 spiro atoms. The fraction of sp³-hybridized carbons (Fsp3) is 0.250. The number of hydrogen-bond acceptors (Lipinski definition) is 3. The Kier molecular flexibility index (Phi) is 3.13. The molecule has 0 bridgehead atoms. The number of nitrogens with zero attached hydrogens (tertiary/aromatic N) is 1. The van der Waals surface area contributed by atoms with Gasteiger partial charge >= 0.3 is 6.18 Å². The first-order valence-electron chi connectivity index (χ1n) is 5.27. The molecule has 18 heavy (non-hydrogen) atoms. The van der Waals surface area contributed by atoms with Crippen molar-refractivity contribution in [2.45, 2.75) is 18.3 Å². The van der Waals surface area contributed by atoms with Gasteiger partial charge in [0.2, 0.25) is 0 Å². The third-order valence-corrected chi connectivity index (χ3v) is 2.56. The lowest BCUT2D eigenvalue weighted by atomic mass is 10.1. The summed E-state index contributed by atoms with van der Waals surface area (Å²) >= 11 is 0. The average molecular weight is 256 g/mol. The number of halogens is 3. The van der Waals surface area contributed by atoms with Crippen molar-refractivity contribution < 1.29 is 18.3 Å². The molecule has 1 aromatic carbocycles. The first-order valence-corrected chi connectivity index (χ1v) is 5.27. The second-order valence-corrected chi connectivity index (χ2v) is 3.99. The van der Waals surface area contributed by atoms with Crippen LogP contribution in [0.25, 0.3) is 6.08 Å². The molecule has 0 aromatic heterocycles. The van der Waals surface area contributed by atoms with Gasteiger partial charge in [0.15, 0.2) is 0 Å². The summed E-state index contributed by atoms with van der Waals surface area (Å²) in [7, 11) is 0. The van der Waals surface area contributed by atoms with E-state index in [1.165, 1.54) is 6.08 Å². The number of hydrogen-bond donors (Lipinski definition) is 2. The molecule has 0 radical (unpaired) electrons. The van der Waals surface area contributed by atoms with Crippen LogP contribution in [0.1, 0.15) is 12.0 Å². The molecular formula is C12H11F3N2O. The molecule has 3 nitrogen and oxygen atoms in total. The zero-order valence-electron chi connectivity index (χ0n) is 9.28. The molecule has 1 heterocycles. The highest BCUT2D eigenvalue weighted by Crippen LogP contribution is 2.33. The van der Waals surface area contributed by atoms with E-state index < -0.39 is 18.3 Å². The predicted octanol–water partition coefficient (Wildman–Crippen LogP) is 2.30. The summed E-state index contributed by atoms with van der Waals surface area (Å²) in [5, 5.41) is 12.8. The van der Waals surface area contributed by atoms with Gasteiger partial charge in [0.25, 0.3) is 5.72 Å². The number of alkyl halides is 3. The second-order valence-electron chi connectivity index (χ2n) is 3.99. The van der Waals surface area contributed by atoms with Crippen molar-refractivity contribution in [2.24, 2.45) is 5.10 Å². The average Bonchev–Trinajstić information content (AvgIpc) is 2.71. The van der Waals surface area contributed by atoms with Crippen molar-refractivity contribution in [1.82, 2.24) is 5.43 Å². The molecule has 0 fully saturated rings. The van der Waals surface area contributed by atoms with Crippen LogP contribution in [0.2, 0.25) is 0 Å². The van der Waals surface area contributed by atoms with Gasteiger partial charge in [0.1, 0.15) is 0 Å². The lowest BCUT2D eigenvalue weighted by molar-refractivity contribution is -0.266. The third-order valence-electron chi connectivity index (χ3n) is 2.56. The maximum atomic E-state index is 12.5. The number of allylic oxidation sites excluding steroid dienone is 1. The Morgan fingerprint density at radius 1 is 1.22 bits per heavy atom. The number of hydrazone groups is 1. The minimum Gasteiger partial charge on any atom is -0.362 e. The fourth-order valence-electron chi connectivity index (χ4n) is 1.52. The molecule has 0 saturated heterocycles. The first-order chi connectivity index (χ1) is 8.41. The van der Waals surface area contributed by atoms with Crippen molar-refractivity contribution in [2.75, 3.05) is 0 Å². The zero-order chi connectivity index (χ0) is 13.2. The minimum absolute atomic E-state index is 0.152. The first kappa shape index (κ1) is 12.6. The third kappa shape index (κ3) is 2.53. The zero-order valence-corrected chi connectivity index (χ0v) is 9.28. The SMILES string of the molecule is OC1(C(F)(F)F)CC(/C=C/c2ccccc2)=NN1. The van der Waals surface area contributed by atoms with Crippen molar-refractivity contribution in [3.05, 3.63) is 42.0 Å². The van der Waals surface area contributed by atoms with E-state index in [1.807, 2.05) is 30.3 Å². The molecule has 1 aromatic rings. The van der Waals surface area contributed by atoms with E-state index in [2.05, 4.69) is 5.10 Å². The summed E-state index contributed by atoms with van der Waals surface area (Å²) < 4.78 is 37.4. The maximum Gasteiger partial charge on any atom is 0.438 e. The summed E-state index contributed by atoms with van der Waals surface area (Å²) in [6.45, 7) is 0. The summed E-state index contributed by atoms with van der Waals surface area (Å²) in [4.78, 5) is 0. The molecule has 2 rings (SSSR count). The predicted molar refractivity (Wildman–Crippen MR) is 61.7 cm³/mol. The van der Waals surface area contributed by atoms with Crippen molar-refractivity contribution >= 4 is 11.8 Å². The van der Waals surface area contributed by atoms with Crippen LogP contribution >= 0.6 is 0 Å². The molecule has 0 amide bonds. The van der Waals surface area contributed by atoms with Crippen LogP contribution in [-0.4, -0.2) is 22.7 Å². The van der Waals surface area contributed by atoms with Crippen molar-refractivity contribution in [3.8, 4) is 0 Å². The summed E-state index contributed by atoms with van der Waals surface area (Å²) in [6, 6.07) is 9.11. The summed E-state index contributed by atoms with van der Waals surface area (Å²) in [5.41, 5.74) is -0.227. The Labute approximate surface area is 102 Å². The number of aliphatic hydroxyl groups is 1. The highest BCUT2D eigenvalue weighted by molar-refractivity contribution is 5.99. The molecule has 0 saturated carbocycles. The number of nitrogens with one attached hydrogen (secondary N) is 1. The lowest BCUT2D eigenvalue weighted by Gasteiger charge is -2.24. The number of rotatable bonds is 2. The van der Waals surface area contributed by atoms with E-state index in [0.717, 1.165) is 5.56 Å². The van der Waals surface area contributed by atoms with Crippen LogP contribution in [0.3, 0.4) is 0 Å². The van der Waals surface area contributed by atoms with Gasteiger partial charge < -0.3 is 5.11 Å². The molecule has 1 aliphatic rings. The molecule has 1 atom stereocenters. The Morgan fingerprint density at radius 2 is 1.89 bits per heavy atom. The van der Waals surface area contributed by atoms with Crippen LogP contribution in [0.4, 0.5) is 13.2 Å². The van der Waals surface area contributed by atoms with Gasteiger partial charge in [0.05, 0.1) is 12.1 Å². The van der Waals surface area contributed by atoms with Crippen LogP contribution in [0, 0.1) is 0 Å². The topological polar surface area (TPSA) is 44.6 Å². The molecule has 1 aliphatic heterocycles. The Bertz CT molecular complexity index is 482. The van der Waals surface area contributed by atoms with Crippen molar-refractivity contribution in [1.29, 1.82) is 0 Å². The highest BCUT2D eigenvalue weighted by Gasteiger charge is 2.56. The molecule has 2 N–H and O–H groups in total. The van der Waals surface area contributed by atoms with E-state index in [0.29, 0.717) is 0 Å². The smallest absolute Gasteiger partial charge is 0.362 e. The Hall–Kier alpha value is -1.82. The van der Waals surface area contributed by atoms with E-state index >= 15 is 0 Å². The molecule has 6 heteroatoms. The molecule has 96 valence electrons. The number of benzene rings is 1. The van der Waals surface area contributed by atoms with Gasteiger partial charge in [0, 0.05) is 0 Å². The second kappa shape index (κ2) is 4.45. The summed E-state index contributed by atoms with van der Waals surface area (Å²) in [5.74, 6) is 0. The van der Waals surface area contributed by atoms with Gasteiger partial charge in [-0.25, -0.2) is 0 Å². The largest absolute Gasteiger partial charge is 0.438 e. The van der Waals surface area contributed by atoms with Crippen LogP contribution in [-0.2, 0) is 0 Å². The van der Waals surface area contributed by atoms with Gasteiger partial charge in [-0.3, -0.25) is 5.43 Å². The summed E-state index contributed by atoms with van der Waals surface area (Å²) in [6.07, 6.45) is -2.26. The van der Waals surface area contributed by atoms with Gasteiger partial charge in [-0.15, -0.1) is 0 Å². The quantitative estimate of drug-likeness (QED) is 0.852. The monoisotopic (exact) mass is 256 g/mol. The molecule has 0 aliphatic carbocycles. The maximum absolute atomic E-state index is 12.5. The Balaban J connectivity index is 2.04. The standard InChI is InChI=1S/C12H11F3N2O/c13-12(14,15)11(18)8-10(16-17-11)7-6-9-4-2-1-3-5-9/h1-7,17-18H,8H2/b7-6+. The normalized spacial score (nSPS) is 24.1. The van der Waals surface area contributed by atoms with E-state index in [1.54, 1.807) is 11.5 Å². The van der Waals surface area contributed by atoms with Gasteiger partial charge in [-0.2, -0.15) is 18.3 Å². The van der Waals surface area contributed by atoms with Crippen LogP contribution in [0.5, 0.6) is 0 Å².